The highest BCUT2D eigenvalue weighted by Gasteiger charge is 2.27. The monoisotopic (exact) mass is 331 g/mol. The second-order valence-electron chi connectivity index (χ2n) is 5.26. The molecule has 2 heterocycles. The van der Waals surface area contributed by atoms with Crippen molar-refractivity contribution in [3.05, 3.63) is 12.1 Å². The van der Waals surface area contributed by atoms with E-state index in [4.69, 9.17) is 28.4 Å². The molecule has 7 heteroatoms. The van der Waals surface area contributed by atoms with Crippen molar-refractivity contribution in [3.63, 3.8) is 0 Å². The Hall–Kier alpha value is -2.96. The highest BCUT2D eigenvalue weighted by Crippen LogP contribution is 2.51. The molecular formula is C17H17NO6. The van der Waals surface area contributed by atoms with Crippen LogP contribution in [0.3, 0.4) is 0 Å². The summed E-state index contributed by atoms with van der Waals surface area (Å²) in [6.07, 6.45) is 0. The first-order valence-corrected chi connectivity index (χ1v) is 7.34. The second kappa shape index (κ2) is 5.30. The number of hydrogen-bond donors (Lipinski definition) is 1. The zero-order valence-corrected chi connectivity index (χ0v) is 13.8. The molecule has 0 saturated heterocycles. The maximum atomic E-state index is 5.56. The third-order valence-corrected chi connectivity index (χ3v) is 4.20. The molecule has 1 aliphatic heterocycles. The van der Waals surface area contributed by atoms with E-state index in [0.717, 1.165) is 21.8 Å². The van der Waals surface area contributed by atoms with Crippen molar-refractivity contribution in [3.8, 4) is 34.5 Å². The van der Waals surface area contributed by atoms with Crippen molar-refractivity contribution in [2.75, 3.05) is 35.2 Å². The summed E-state index contributed by atoms with van der Waals surface area (Å²) >= 11 is 0. The van der Waals surface area contributed by atoms with Crippen LogP contribution in [0.2, 0.25) is 0 Å². The number of aromatic nitrogens is 1. The first kappa shape index (κ1) is 14.6. The van der Waals surface area contributed by atoms with E-state index in [1.807, 2.05) is 6.07 Å². The molecule has 24 heavy (non-hydrogen) atoms. The smallest absolute Gasteiger partial charge is 0.231 e. The Kier molecular flexibility index (Phi) is 3.23. The Morgan fingerprint density at radius 2 is 1.58 bits per heavy atom. The molecule has 0 atom stereocenters. The van der Waals surface area contributed by atoms with Gasteiger partial charge in [-0.15, -0.1) is 0 Å². The molecule has 0 saturated carbocycles. The van der Waals surface area contributed by atoms with E-state index in [1.54, 1.807) is 34.5 Å². The van der Waals surface area contributed by atoms with Gasteiger partial charge in [0, 0.05) is 11.5 Å². The molecule has 3 aromatic rings. The Bertz CT molecular complexity index is 946. The number of aromatic amines is 1. The van der Waals surface area contributed by atoms with Crippen molar-refractivity contribution in [1.82, 2.24) is 4.98 Å². The van der Waals surface area contributed by atoms with Crippen molar-refractivity contribution in [2.45, 2.75) is 0 Å². The number of nitrogens with one attached hydrogen (secondary N) is 1. The minimum atomic E-state index is 0.171. The van der Waals surface area contributed by atoms with Gasteiger partial charge < -0.3 is 33.4 Å². The normalized spacial score (nSPS) is 12.7. The quantitative estimate of drug-likeness (QED) is 0.792. The summed E-state index contributed by atoms with van der Waals surface area (Å²) in [5.74, 6) is 3.63. The van der Waals surface area contributed by atoms with Gasteiger partial charge in [-0.05, 0) is 6.07 Å². The van der Waals surface area contributed by atoms with Gasteiger partial charge in [-0.25, -0.2) is 0 Å². The molecule has 0 aliphatic carbocycles. The fourth-order valence-corrected chi connectivity index (χ4v) is 3.17. The Labute approximate surface area is 138 Å². The maximum Gasteiger partial charge on any atom is 0.231 e. The SMILES string of the molecule is COc1cc(OC)c2c([nH]c3c(OC)c4c(cc32)OCO4)c1OC. The fraction of sp³-hybridized carbons (Fsp3) is 0.294. The van der Waals surface area contributed by atoms with Gasteiger partial charge in [0.2, 0.25) is 12.5 Å². The number of methoxy groups -OCH3 is 4. The van der Waals surface area contributed by atoms with E-state index in [-0.39, 0.29) is 6.79 Å². The van der Waals surface area contributed by atoms with Gasteiger partial charge in [0.05, 0.1) is 44.9 Å². The minimum absolute atomic E-state index is 0.171. The van der Waals surface area contributed by atoms with Crippen LogP contribution in [-0.2, 0) is 0 Å². The molecule has 0 spiro atoms. The number of fused-ring (bicyclic) bond motifs is 4. The number of H-pyrrole nitrogens is 1. The number of rotatable bonds is 4. The van der Waals surface area contributed by atoms with Crippen LogP contribution in [-0.4, -0.2) is 40.2 Å². The molecule has 1 aromatic heterocycles. The van der Waals surface area contributed by atoms with Crippen LogP contribution in [0.5, 0.6) is 34.5 Å². The highest BCUT2D eigenvalue weighted by atomic mass is 16.7. The first-order valence-electron chi connectivity index (χ1n) is 7.34. The molecule has 1 aliphatic rings. The number of hydrogen-bond acceptors (Lipinski definition) is 6. The molecule has 1 N–H and O–H groups in total. The summed E-state index contributed by atoms with van der Waals surface area (Å²) in [4.78, 5) is 3.35. The lowest BCUT2D eigenvalue weighted by Crippen LogP contribution is -1.94. The van der Waals surface area contributed by atoms with Gasteiger partial charge in [-0.1, -0.05) is 0 Å². The van der Waals surface area contributed by atoms with Crippen LogP contribution in [0.15, 0.2) is 12.1 Å². The largest absolute Gasteiger partial charge is 0.496 e. The predicted octanol–water partition coefficient (Wildman–Crippen LogP) is 3.08. The molecule has 7 nitrogen and oxygen atoms in total. The van der Waals surface area contributed by atoms with E-state index >= 15 is 0 Å². The minimum Gasteiger partial charge on any atom is -0.496 e. The summed E-state index contributed by atoms with van der Waals surface area (Å²) < 4.78 is 33.1. The molecule has 2 aromatic carbocycles. The van der Waals surface area contributed by atoms with Crippen molar-refractivity contribution < 1.29 is 28.4 Å². The van der Waals surface area contributed by atoms with Crippen molar-refractivity contribution in [2.24, 2.45) is 0 Å². The first-order chi connectivity index (χ1) is 11.7. The van der Waals surface area contributed by atoms with E-state index < -0.39 is 0 Å². The molecule has 126 valence electrons. The van der Waals surface area contributed by atoms with Crippen LogP contribution >= 0.6 is 0 Å². The standard InChI is InChI=1S/C17H17NO6/c1-19-9-6-10(20-2)15(21-3)14-12(9)8-5-11-16(24-7-23-11)17(22-4)13(8)18-14/h5-6,18H,7H2,1-4H3. The highest BCUT2D eigenvalue weighted by molar-refractivity contribution is 6.16. The lowest BCUT2D eigenvalue weighted by molar-refractivity contribution is 0.171. The zero-order valence-electron chi connectivity index (χ0n) is 13.8. The van der Waals surface area contributed by atoms with Gasteiger partial charge >= 0.3 is 0 Å². The van der Waals surface area contributed by atoms with Crippen molar-refractivity contribution >= 4 is 21.8 Å². The third kappa shape index (κ3) is 1.78. The van der Waals surface area contributed by atoms with E-state index in [0.29, 0.717) is 34.5 Å². The second-order valence-corrected chi connectivity index (χ2v) is 5.26. The Morgan fingerprint density at radius 1 is 0.833 bits per heavy atom. The van der Waals surface area contributed by atoms with Gasteiger partial charge in [-0.2, -0.15) is 0 Å². The Balaban J connectivity index is 2.20. The van der Waals surface area contributed by atoms with Gasteiger partial charge in [0.1, 0.15) is 5.75 Å². The number of ether oxygens (including phenoxy) is 6. The number of benzene rings is 2. The summed E-state index contributed by atoms with van der Waals surface area (Å²) in [5.41, 5.74) is 1.53. The average molecular weight is 331 g/mol. The molecular weight excluding hydrogens is 314 g/mol. The van der Waals surface area contributed by atoms with E-state index in [1.165, 1.54) is 0 Å². The van der Waals surface area contributed by atoms with Crippen LogP contribution in [0.25, 0.3) is 21.8 Å². The predicted molar refractivity (Wildman–Crippen MR) is 88.1 cm³/mol. The lowest BCUT2D eigenvalue weighted by atomic mass is 10.1. The van der Waals surface area contributed by atoms with E-state index in [2.05, 4.69) is 4.98 Å². The summed E-state index contributed by atoms with van der Waals surface area (Å²) in [6, 6.07) is 3.71. The molecule has 0 radical (unpaired) electrons. The van der Waals surface area contributed by atoms with Crippen LogP contribution in [0.1, 0.15) is 0 Å². The fourth-order valence-electron chi connectivity index (χ4n) is 3.17. The summed E-state index contributed by atoms with van der Waals surface area (Å²) in [7, 11) is 6.39. The average Bonchev–Trinajstić information content (AvgIpc) is 3.22. The van der Waals surface area contributed by atoms with Crippen molar-refractivity contribution in [1.29, 1.82) is 0 Å². The van der Waals surface area contributed by atoms with Gasteiger partial charge in [0.25, 0.3) is 0 Å². The molecule has 0 bridgehead atoms. The van der Waals surface area contributed by atoms with E-state index in [9.17, 15) is 0 Å². The van der Waals surface area contributed by atoms with Crippen LogP contribution in [0.4, 0.5) is 0 Å². The molecule has 0 unspecified atom stereocenters. The maximum absolute atomic E-state index is 5.56. The van der Waals surface area contributed by atoms with Crippen LogP contribution < -0.4 is 28.4 Å². The Morgan fingerprint density at radius 3 is 2.25 bits per heavy atom. The lowest BCUT2D eigenvalue weighted by Gasteiger charge is -2.11. The van der Waals surface area contributed by atoms with Gasteiger partial charge in [-0.3, -0.25) is 0 Å². The topological polar surface area (TPSA) is 71.2 Å². The molecule has 0 fully saturated rings. The zero-order chi connectivity index (χ0) is 16.8. The van der Waals surface area contributed by atoms with Gasteiger partial charge in [0.15, 0.2) is 23.0 Å². The third-order valence-electron chi connectivity index (χ3n) is 4.20. The van der Waals surface area contributed by atoms with Crippen LogP contribution in [0, 0.1) is 0 Å². The molecule has 0 amide bonds. The summed E-state index contributed by atoms with van der Waals surface area (Å²) in [6.45, 7) is 0.171. The summed E-state index contributed by atoms with van der Waals surface area (Å²) in [5, 5.41) is 1.76. The molecule has 4 rings (SSSR count).